The van der Waals surface area contributed by atoms with Crippen LogP contribution >= 0.6 is 0 Å². The Morgan fingerprint density at radius 2 is 1.18 bits per heavy atom. The first-order valence-corrected chi connectivity index (χ1v) is 8.05. The van der Waals surface area contributed by atoms with Gasteiger partial charge in [-0.1, -0.05) is 32.1 Å². The highest BCUT2D eigenvalue weighted by molar-refractivity contribution is 4.84. The van der Waals surface area contributed by atoms with Crippen LogP contribution in [0.5, 0.6) is 0 Å². The molecule has 1 saturated heterocycles. The van der Waals surface area contributed by atoms with E-state index in [0.717, 1.165) is 24.4 Å². The molecule has 3 rings (SSSR count). The van der Waals surface area contributed by atoms with Crippen LogP contribution in [0.3, 0.4) is 0 Å². The fourth-order valence-electron chi connectivity index (χ4n) is 4.57. The van der Waals surface area contributed by atoms with Crippen molar-refractivity contribution in [1.82, 2.24) is 0 Å². The van der Waals surface area contributed by atoms with Crippen molar-refractivity contribution in [2.45, 2.75) is 76.7 Å². The Morgan fingerprint density at radius 3 is 1.82 bits per heavy atom. The molecular weight excluding hydrogens is 208 g/mol. The standard InChI is InChI=1S/C16H28O/c1-2-5-13(6-3-1)14-8-10-15(11-9-14)16-7-4-12-17-16/h13-16H,1-12H2. The Morgan fingerprint density at radius 1 is 0.529 bits per heavy atom. The molecule has 0 N–H and O–H groups in total. The van der Waals surface area contributed by atoms with Gasteiger partial charge in [-0.25, -0.2) is 0 Å². The first-order valence-electron chi connectivity index (χ1n) is 8.05. The molecule has 3 fully saturated rings. The van der Waals surface area contributed by atoms with Crippen molar-refractivity contribution in [3.63, 3.8) is 0 Å². The van der Waals surface area contributed by atoms with Crippen molar-refractivity contribution in [3.05, 3.63) is 0 Å². The van der Waals surface area contributed by atoms with E-state index < -0.39 is 0 Å². The molecule has 0 aromatic heterocycles. The van der Waals surface area contributed by atoms with Crippen LogP contribution in [0.4, 0.5) is 0 Å². The molecule has 1 unspecified atom stereocenters. The minimum absolute atomic E-state index is 0.641. The number of rotatable bonds is 2. The fourth-order valence-corrected chi connectivity index (χ4v) is 4.57. The van der Waals surface area contributed by atoms with Gasteiger partial charge in [-0.05, 0) is 56.3 Å². The summed E-state index contributed by atoms with van der Waals surface area (Å²) in [5.41, 5.74) is 0. The molecule has 2 aliphatic carbocycles. The van der Waals surface area contributed by atoms with Gasteiger partial charge in [0.05, 0.1) is 6.10 Å². The molecule has 3 aliphatic rings. The minimum atomic E-state index is 0.641. The maximum Gasteiger partial charge on any atom is 0.0604 e. The number of hydrogen-bond acceptors (Lipinski definition) is 1. The second-order valence-corrected chi connectivity index (χ2v) is 6.62. The average molecular weight is 236 g/mol. The van der Waals surface area contributed by atoms with Crippen LogP contribution in [0, 0.1) is 17.8 Å². The highest BCUT2D eigenvalue weighted by Crippen LogP contribution is 2.42. The Labute approximate surface area is 106 Å². The van der Waals surface area contributed by atoms with Gasteiger partial charge in [-0.2, -0.15) is 0 Å². The van der Waals surface area contributed by atoms with Gasteiger partial charge in [-0.15, -0.1) is 0 Å². The molecule has 0 aromatic carbocycles. The Balaban J connectivity index is 1.46. The van der Waals surface area contributed by atoms with Crippen LogP contribution in [0.2, 0.25) is 0 Å². The lowest BCUT2D eigenvalue weighted by Gasteiger charge is -2.37. The second-order valence-electron chi connectivity index (χ2n) is 6.62. The predicted octanol–water partition coefficient (Wildman–Crippen LogP) is 4.55. The molecule has 1 heteroatoms. The topological polar surface area (TPSA) is 9.23 Å². The Hall–Kier alpha value is -0.0400. The Kier molecular flexibility index (Phi) is 4.05. The third-order valence-corrected chi connectivity index (χ3v) is 5.62. The van der Waals surface area contributed by atoms with Gasteiger partial charge in [0, 0.05) is 6.61 Å². The van der Waals surface area contributed by atoms with E-state index in [1.54, 1.807) is 0 Å². The van der Waals surface area contributed by atoms with E-state index in [0.29, 0.717) is 6.10 Å². The quantitative estimate of drug-likeness (QED) is 0.683. The van der Waals surface area contributed by atoms with Crippen molar-refractivity contribution in [2.24, 2.45) is 17.8 Å². The van der Waals surface area contributed by atoms with Crippen LogP contribution in [0.1, 0.15) is 70.6 Å². The molecule has 1 aliphatic heterocycles. The van der Waals surface area contributed by atoms with E-state index in [-0.39, 0.29) is 0 Å². The van der Waals surface area contributed by atoms with Gasteiger partial charge in [0.2, 0.25) is 0 Å². The second kappa shape index (κ2) is 5.73. The predicted molar refractivity (Wildman–Crippen MR) is 71.0 cm³/mol. The smallest absolute Gasteiger partial charge is 0.0604 e. The number of ether oxygens (including phenoxy) is 1. The normalized spacial score (nSPS) is 40.6. The lowest BCUT2D eigenvalue weighted by Crippen LogP contribution is -2.28. The monoisotopic (exact) mass is 236 g/mol. The molecule has 0 bridgehead atoms. The summed E-state index contributed by atoms with van der Waals surface area (Å²) in [6.45, 7) is 1.03. The lowest BCUT2D eigenvalue weighted by atomic mass is 9.70. The molecular formula is C16H28O. The summed E-state index contributed by atoms with van der Waals surface area (Å²) in [5.74, 6) is 3.08. The van der Waals surface area contributed by atoms with E-state index >= 15 is 0 Å². The first-order chi connectivity index (χ1) is 8.43. The summed E-state index contributed by atoms with van der Waals surface area (Å²) in [6.07, 6.45) is 16.8. The van der Waals surface area contributed by atoms with Gasteiger partial charge >= 0.3 is 0 Å². The highest BCUT2D eigenvalue weighted by atomic mass is 16.5. The highest BCUT2D eigenvalue weighted by Gasteiger charge is 2.33. The molecule has 0 amide bonds. The molecule has 1 nitrogen and oxygen atoms in total. The third kappa shape index (κ3) is 2.86. The van der Waals surface area contributed by atoms with Crippen LogP contribution in [-0.2, 0) is 4.74 Å². The number of hydrogen-bond donors (Lipinski definition) is 0. The molecule has 1 atom stereocenters. The molecule has 98 valence electrons. The van der Waals surface area contributed by atoms with Crippen molar-refractivity contribution in [2.75, 3.05) is 6.61 Å². The zero-order chi connectivity index (χ0) is 11.5. The Bertz CT molecular complexity index is 218. The maximum atomic E-state index is 5.87. The third-order valence-electron chi connectivity index (χ3n) is 5.62. The summed E-state index contributed by atoms with van der Waals surface area (Å²) in [4.78, 5) is 0. The van der Waals surface area contributed by atoms with Crippen LogP contribution in [-0.4, -0.2) is 12.7 Å². The molecule has 0 aromatic rings. The molecule has 0 spiro atoms. The average Bonchev–Trinajstić information content (AvgIpc) is 2.94. The fraction of sp³-hybridized carbons (Fsp3) is 1.00. The van der Waals surface area contributed by atoms with Gasteiger partial charge in [0.25, 0.3) is 0 Å². The van der Waals surface area contributed by atoms with Crippen molar-refractivity contribution >= 4 is 0 Å². The van der Waals surface area contributed by atoms with Crippen molar-refractivity contribution < 1.29 is 4.74 Å². The first kappa shape index (κ1) is 12.0. The molecule has 2 saturated carbocycles. The van der Waals surface area contributed by atoms with Crippen LogP contribution in [0.25, 0.3) is 0 Å². The minimum Gasteiger partial charge on any atom is -0.378 e. The van der Waals surface area contributed by atoms with Crippen LogP contribution in [0.15, 0.2) is 0 Å². The van der Waals surface area contributed by atoms with Crippen LogP contribution < -0.4 is 0 Å². The maximum absolute atomic E-state index is 5.87. The lowest BCUT2D eigenvalue weighted by molar-refractivity contribution is 0.0324. The molecule has 0 radical (unpaired) electrons. The van der Waals surface area contributed by atoms with Gasteiger partial charge in [0.1, 0.15) is 0 Å². The van der Waals surface area contributed by atoms with Crippen molar-refractivity contribution in [3.8, 4) is 0 Å². The van der Waals surface area contributed by atoms with Gasteiger partial charge in [0.15, 0.2) is 0 Å². The zero-order valence-electron chi connectivity index (χ0n) is 11.2. The van der Waals surface area contributed by atoms with Gasteiger partial charge < -0.3 is 4.74 Å². The summed E-state index contributed by atoms with van der Waals surface area (Å²) in [7, 11) is 0. The van der Waals surface area contributed by atoms with E-state index in [1.165, 1.54) is 70.6 Å². The SMILES string of the molecule is C1CCC(C2CCC(C3CCCO3)CC2)CC1. The largest absolute Gasteiger partial charge is 0.378 e. The molecule has 1 heterocycles. The summed E-state index contributed by atoms with van der Waals surface area (Å²) in [6, 6.07) is 0. The summed E-state index contributed by atoms with van der Waals surface area (Å²) in [5, 5.41) is 0. The van der Waals surface area contributed by atoms with E-state index in [4.69, 9.17) is 4.74 Å². The summed E-state index contributed by atoms with van der Waals surface area (Å²) >= 11 is 0. The molecule has 17 heavy (non-hydrogen) atoms. The van der Waals surface area contributed by atoms with Gasteiger partial charge in [-0.3, -0.25) is 0 Å². The van der Waals surface area contributed by atoms with E-state index in [1.807, 2.05) is 0 Å². The zero-order valence-corrected chi connectivity index (χ0v) is 11.2. The van der Waals surface area contributed by atoms with E-state index in [2.05, 4.69) is 0 Å². The summed E-state index contributed by atoms with van der Waals surface area (Å²) < 4.78 is 5.87. The van der Waals surface area contributed by atoms with Crippen molar-refractivity contribution in [1.29, 1.82) is 0 Å². The van der Waals surface area contributed by atoms with E-state index in [9.17, 15) is 0 Å².